The molecule has 2 amide bonds. The number of isothiocyanates is 1. The summed E-state index contributed by atoms with van der Waals surface area (Å²) < 4.78 is 2.12. The summed E-state index contributed by atoms with van der Waals surface area (Å²) in [5.74, 6) is -0.754. The van der Waals surface area contributed by atoms with Crippen molar-refractivity contribution in [2.45, 2.75) is 17.9 Å². The Morgan fingerprint density at radius 3 is 2.64 bits per heavy atom. The van der Waals surface area contributed by atoms with E-state index in [9.17, 15) is 9.59 Å². The first kappa shape index (κ1) is 21.4. The van der Waals surface area contributed by atoms with Gasteiger partial charge in [0.2, 0.25) is 0 Å². The van der Waals surface area contributed by atoms with Crippen LogP contribution in [0.1, 0.15) is 17.5 Å². The Kier molecular flexibility index (Phi) is 5.72. The Morgan fingerprint density at radius 2 is 1.85 bits per heavy atom. The lowest BCUT2D eigenvalue weighted by Gasteiger charge is -2.04. The van der Waals surface area contributed by atoms with Crippen molar-refractivity contribution in [3.05, 3.63) is 66.0 Å². The van der Waals surface area contributed by atoms with Crippen LogP contribution < -0.4 is 5.32 Å². The van der Waals surface area contributed by atoms with Gasteiger partial charge in [-0.25, -0.2) is 4.99 Å². The van der Waals surface area contributed by atoms with E-state index in [1.165, 1.54) is 0 Å². The zero-order chi connectivity index (χ0) is 22.9. The van der Waals surface area contributed by atoms with Crippen LogP contribution in [0.4, 0.5) is 0 Å². The lowest BCUT2D eigenvalue weighted by Crippen LogP contribution is -2.22. The zero-order valence-electron chi connectivity index (χ0n) is 17.8. The molecule has 4 aromatic rings. The summed E-state index contributed by atoms with van der Waals surface area (Å²) in [5, 5.41) is 6.75. The molecule has 0 saturated carbocycles. The van der Waals surface area contributed by atoms with Crippen LogP contribution in [0.3, 0.4) is 0 Å². The van der Waals surface area contributed by atoms with Crippen LogP contribution in [0.5, 0.6) is 0 Å². The van der Waals surface area contributed by atoms with E-state index in [0.717, 1.165) is 44.2 Å². The third kappa shape index (κ3) is 3.72. The van der Waals surface area contributed by atoms with Crippen LogP contribution in [0.2, 0.25) is 0 Å². The predicted molar refractivity (Wildman–Crippen MR) is 136 cm³/mol. The molecule has 2 aromatic carbocycles. The van der Waals surface area contributed by atoms with Crippen LogP contribution in [0, 0.1) is 0 Å². The molecule has 5 rings (SSSR count). The fourth-order valence-electron chi connectivity index (χ4n) is 4.40. The highest BCUT2D eigenvalue weighted by Gasteiger charge is 2.35. The van der Waals surface area contributed by atoms with Gasteiger partial charge in [0.25, 0.3) is 11.8 Å². The number of hydrogen-bond acceptors (Lipinski definition) is 5. The molecule has 0 fully saturated rings. The van der Waals surface area contributed by atoms with Gasteiger partial charge in [0.15, 0.2) is 0 Å². The average Bonchev–Trinajstić information content (AvgIpc) is 3.49. The maximum absolute atomic E-state index is 13.1. The van der Waals surface area contributed by atoms with Crippen LogP contribution >= 0.6 is 24.0 Å². The normalized spacial score (nSPS) is 13.7. The highest BCUT2D eigenvalue weighted by atomic mass is 32.2. The Labute approximate surface area is 199 Å². The second kappa shape index (κ2) is 8.83. The van der Waals surface area contributed by atoms with Crippen LogP contribution in [-0.2, 0) is 16.1 Å². The van der Waals surface area contributed by atoms with Crippen molar-refractivity contribution in [2.24, 2.45) is 4.99 Å². The van der Waals surface area contributed by atoms with E-state index in [1.807, 2.05) is 48.9 Å². The highest BCUT2D eigenvalue weighted by Crippen LogP contribution is 2.39. The number of aromatic amines is 1. The summed E-state index contributed by atoms with van der Waals surface area (Å²) in [4.78, 5) is 34.4. The van der Waals surface area contributed by atoms with E-state index in [0.29, 0.717) is 24.2 Å². The van der Waals surface area contributed by atoms with Crippen molar-refractivity contribution in [1.82, 2.24) is 14.9 Å². The van der Waals surface area contributed by atoms with E-state index in [4.69, 9.17) is 0 Å². The fourth-order valence-corrected chi connectivity index (χ4v) is 4.92. The number of nitrogens with one attached hydrogen (secondary N) is 2. The number of benzene rings is 2. The number of amides is 2. The summed E-state index contributed by atoms with van der Waals surface area (Å²) in [5.41, 5.74) is 4.21. The van der Waals surface area contributed by atoms with Crippen molar-refractivity contribution in [3.63, 3.8) is 0 Å². The summed E-state index contributed by atoms with van der Waals surface area (Å²) in [6.07, 6.45) is 6.59. The third-order valence-corrected chi connectivity index (χ3v) is 6.74. The van der Waals surface area contributed by atoms with Gasteiger partial charge in [-0.1, -0.05) is 24.3 Å². The molecule has 2 N–H and O–H groups in total. The largest absolute Gasteiger partial charge is 0.361 e. The topological polar surface area (TPSA) is 79.2 Å². The SMILES string of the molecule is CSc1ccc2c(C3=C(c4c[nH]c5ccccc45)C(=O)NC3=O)cn(CCCN=C=S)c2c1. The van der Waals surface area contributed by atoms with Gasteiger partial charge in [-0.05, 0) is 43.1 Å². The molecule has 0 saturated heterocycles. The Bertz CT molecular complexity index is 1510. The number of rotatable bonds is 7. The van der Waals surface area contributed by atoms with Crippen molar-refractivity contribution in [2.75, 3.05) is 12.8 Å². The number of imide groups is 1. The summed E-state index contributed by atoms with van der Waals surface area (Å²) in [7, 11) is 0. The number of aliphatic imine (C=N–C) groups is 1. The number of aromatic nitrogens is 2. The second-order valence-electron chi connectivity index (χ2n) is 7.73. The quantitative estimate of drug-likeness (QED) is 0.132. The number of para-hydroxylation sites is 1. The maximum Gasteiger partial charge on any atom is 0.259 e. The molecule has 0 bridgehead atoms. The minimum atomic E-state index is -0.378. The van der Waals surface area contributed by atoms with Gasteiger partial charge >= 0.3 is 0 Å². The molecule has 0 unspecified atom stereocenters. The van der Waals surface area contributed by atoms with Gasteiger partial charge in [-0.2, -0.15) is 0 Å². The van der Waals surface area contributed by atoms with Gasteiger partial charge in [0.05, 0.1) is 22.9 Å². The molecule has 0 radical (unpaired) electrons. The van der Waals surface area contributed by atoms with E-state index in [-0.39, 0.29) is 11.8 Å². The first-order valence-electron chi connectivity index (χ1n) is 10.5. The van der Waals surface area contributed by atoms with Crippen molar-refractivity contribution < 1.29 is 9.59 Å². The molecule has 1 aliphatic heterocycles. The number of H-pyrrole nitrogens is 1. The van der Waals surface area contributed by atoms with Crippen molar-refractivity contribution >= 4 is 73.9 Å². The fraction of sp³-hybridized carbons (Fsp3) is 0.160. The number of thioether (sulfide) groups is 1. The van der Waals surface area contributed by atoms with Gasteiger partial charge in [-0.3, -0.25) is 14.9 Å². The smallest absolute Gasteiger partial charge is 0.259 e. The first-order chi connectivity index (χ1) is 16.1. The molecule has 33 heavy (non-hydrogen) atoms. The third-order valence-electron chi connectivity index (χ3n) is 5.88. The van der Waals surface area contributed by atoms with E-state index < -0.39 is 0 Å². The van der Waals surface area contributed by atoms with Gasteiger partial charge in [-0.15, -0.1) is 11.8 Å². The molecule has 0 spiro atoms. The molecule has 1 aliphatic rings. The standard InChI is InChI=1S/C25H20N4O2S2/c1-33-15-7-8-17-19(13-29(21(17)11-15)10-4-9-26-14-32)23-22(24(30)28-25(23)31)18-12-27-20-6-3-2-5-16(18)20/h2-3,5-8,11-13,27H,4,9-10H2,1H3,(H,28,30,31). The number of nitrogens with zero attached hydrogens (tertiary/aromatic N) is 2. The van der Waals surface area contributed by atoms with Crippen LogP contribution in [0.15, 0.2) is 64.7 Å². The molecule has 0 atom stereocenters. The van der Waals surface area contributed by atoms with Gasteiger partial charge in [0, 0.05) is 56.8 Å². The minimum absolute atomic E-state index is 0.376. The molecule has 0 aliphatic carbocycles. The average molecular weight is 473 g/mol. The predicted octanol–water partition coefficient (Wildman–Crippen LogP) is 4.90. The number of thiocarbonyl (C=S) groups is 1. The minimum Gasteiger partial charge on any atom is -0.361 e. The molecule has 8 heteroatoms. The highest BCUT2D eigenvalue weighted by molar-refractivity contribution is 7.98. The molecule has 3 heterocycles. The number of hydrogen-bond donors (Lipinski definition) is 2. The molecule has 6 nitrogen and oxygen atoms in total. The van der Waals surface area contributed by atoms with E-state index in [2.05, 4.69) is 43.3 Å². The molecular weight excluding hydrogens is 452 g/mol. The number of aryl methyl sites for hydroxylation is 1. The molecule has 2 aromatic heterocycles. The first-order valence-corrected chi connectivity index (χ1v) is 12.1. The van der Waals surface area contributed by atoms with Crippen LogP contribution in [-0.4, -0.2) is 39.3 Å². The zero-order valence-corrected chi connectivity index (χ0v) is 19.5. The Morgan fingerprint density at radius 1 is 1.06 bits per heavy atom. The summed E-state index contributed by atoms with van der Waals surface area (Å²) >= 11 is 6.33. The molecular formula is C25H20N4O2S2. The van der Waals surface area contributed by atoms with Gasteiger partial charge < -0.3 is 9.55 Å². The Balaban J connectivity index is 1.73. The van der Waals surface area contributed by atoms with Crippen molar-refractivity contribution in [3.8, 4) is 0 Å². The lowest BCUT2D eigenvalue weighted by molar-refractivity contribution is -0.122. The monoisotopic (exact) mass is 472 g/mol. The summed E-state index contributed by atoms with van der Waals surface area (Å²) in [6.45, 7) is 1.29. The van der Waals surface area contributed by atoms with E-state index in [1.54, 1.807) is 18.0 Å². The van der Waals surface area contributed by atoms with E-state index >= 15 is 0 Å². The maximum atomic E-state index is 13.1. The Hall–Kier alpha value is -3.45. The number of fused-ring (bicyclic) bond motifs is 2. The number of carbonyl (C=O) groups is 2. The molecule has 164 valence electrons. The van der Waals surface area contributed by atoms with Crippen LogP contribution in [0.25, 0.3) is 33.0 Å². The number of carbonyl (C=O) groups excluding carboxylic acids is 2. The lowest BCUT2D eigenvalue weighted by atomic mass is 9.95. The van der Waals surface area contributed by atoms with Gasteiger partial charge in [0.1, 0.15) is 0 Å². The summed E-state index contributed by atoms with van der Waals surface area (Å²) in [6, 6.07) is 13.9. The van der Waals surface area contributed by atoms with Crippen molar-refractivity contribution in [1.29, 1.82) is 0 Å². The second-order valence-corrected chi connectivity index (χ2v) is 8.79.